The summed E-state index contributed by atoms with van der Waals surface area (Å²) < 4.78 is 0. The summed E-state index contributed by atoms with van der Waals surface area (Å²) in [5.74, 6) is -2.38. The first-order valence-electron chi connectivity index (χ1n) is 8.05. The van der Waals surface area contributed by atoms with Crippen molar-refractivity contribution < 1.29 is 24.4 Å². The predicted octanol–water partition coefficient (Wildman–Crippen LogP) is 1.72. The van der Waals surface area contributed by atoms with Gasteiger partial charge in [0.25, 0.3) is 11.6 Å². The van der Waals surface area contributed by atoms with E-state index >= 15 is 0 Å². The molecule has 0 aliphatic heterocycles. The fourth-order valence-electron chi connectivity index (χ4n) is 2.20. The Morgan fingerprint density at radius 3 is 2.38 bits per heavy atom. The molecule has 1 rings (SSSR count). The molecule has 142 valence electrons. The highest BCUT2D eigenvalue weighted by atomic mass is 16.6. The van der Waals surface area contributed by atoms with Gasteiger partial charge in [-0.3, -0.25) is 24.5 Å². The Hall–Kier alpha value is -2.97. The fraction of sp³-hybridized carbons (Fsp3) is 0.471. The van der Waals surface area contributed by atoms with Crippen molar-refractivity contribution in [3.8, 4) is 0 Å². The number of hydrogen-bond acceptors (Lipinski definition) is 5. The number of carboxylic acid groups (broad SMARTS) is 1. The van der Waals surface area contributed by atoms with Crippen molar-refractivity contribution in [2.45, 2.75) is 45.7 Å². The molecule has 0 heterocycles. The second-order valence-corrected chi connectivity index (χ2v) is 6.63. The number of non-ortho nitro benzene ring substituents is 1. The zero-order chi connectivity index (χ0) is 20.1. The van der Waals surface area contributed by atoms with Gasteiger partial charge in [0.15, 0.2) is 0 Å². The number of carbonyl (C=O) groups is 3. The molecule has 2 atom stereocenters. The number of nitro benzene ring substituents is 1. The molecule has 9 heteroatoms. The third kappa shape index (κ3) is 5.54. The first-order valence-corrected chi connectivity index (χ1v) is 8.05. The van der Waals surface area contributed by atoms with E-state index in [0.717, 1.165) is 6.07 Å². The standard InChI is InChI=1S/C17H23N3O6/c1-10(2)17(4,9-14(21)22)19-15(23)11(3)18-16(24)12-6-5-7-13(8-12)20(25)26/h5-8,10-11H,9H2,1-4H3,(H,18,24)(H,19,23)(H,21,22). The number of rotatable bonds is 8. The minimum atomic E-state index is -1.05. The van der Waals surface area contributed by atoms with Crippen LogP contribution in [0.2, 0.25) is 0 Å². The molecule has 0 saturated heterocycles. The van der Waals surface area contributed by atoms with E-state index in [4.69, 9.17) is 5.11 Å². The van der Waals surface area contributed by atoms with E-state index in [9.17, 15) is 24.5 Å². The van der Waals surface area contributed by atoms with Gasteiger partial charge < -0.3 is 15.7 Å². The summed E-state index contributed by atoms with van der Waals surface area (Å²) in [5, 5.41) is 24.9. The van der Waals surface area contributed by atoms with Crippen molar-refractivity contribution in [1.29, 1.82) is 0 Å². The number of nitrogens with zero attached hydrogens (tertiary/aromatic N) is 1. The van der Waals surface area contributed by atoms with Crippen molar-refractivity contribution in [1.82, 2.24) is 10.6 Å². The summed E-state index contributed by atoms with van der Waals surface area (Å²) in [6, 6.07) is 4.19. The Kier molecular flexibility index (Phi) is 6.82. The number of nitrogens with one attached hydrogen (secondary N) is 2. The van der Waals surface area contributed by atoms with Gasteiger partial charge in [0.05, 0.1) is 16.9 Å². The van der Waals surface area contributed by atoms with Gasteiger partial charge in [0.2, 0.25) is 5.91 Å². The van der Waals surface area contributed by atoms with Crippen molar-refractivity contribution in [3.05, 3.63) is 39.9 Å². The molecule has 0 aliphatic carbocycles. The molecule has 0 bridgehead atoms. The fourth-order valence-corrected chi connectivity index (χ4v) is 2.20. The maximum absolute atomic E-state index is 12.4. The van der Waals surface area contributed by atoms with Crippen molar-refractivity contribution in [2.24, 2.45) is 5.92 Å². The Balaban J connectivity index is 2.82. The summed E-state index contributed by atoms with van der Waals surface area (Å²) in [7, 11) is 0. The van der Waals surface area contributed by atoms with Crippen molar-refractivity contribution in [3.63, 3.8) is 0 Å². The molecule has 0 spiro atoms. The molecule has 0 aromatic heterocycles. The number of carbonyl (C=O) groups excluding carboxylic acids is 2. The van der Waals surface area contributed by atoms with Gasteiger partial charge >= 0.3 is 5.97 Å². The average molecular weight is 365 g/mol. The predicted molar refractivity (Wildman–Crippen MR) is 93.7 cm³/mol. The molecule has 26 heavy (non-hydrogen) atoms. The SMILES string of the molecule is CC(NC(=O)c1cccc([N+](=O)[O-])c1)C(=O)NC(C)(CC(=O)O)C(C)C. The number of amides is 2. The zero-order valence-corrected chi connectivity index (χ0v) is 15.1. The molecule has 9 nitrogen and oxygen atoms in total. The molecule has 0 radical (unpaired) electrons. The largest absolute Gasteiger partial charge is 0.481 e. The minimum absolute atomic E-state index is 0.0519. The van der Waals surface area contributed by atoms with Crippen molar-refractivity contribution in [2.75, 3.05) is 0 Å². The van der Waals surface area contributed by atoms with Crippen LogP contribution in [0.25, 0.3) is 0 Å². The zero-order valence-electron chi connectivity index (χ0n) is 15.1. The van der Waals surface area contributed by atoms with E-state index in [-0.39, 0.29) is 23.6 Å². The highest BCUT2D eigenvalue weighted by Gasteiger charge is 2.34. The van der Waals surface area contributed by atoms with Crippen LogP contribution in [-0.4, -0.2) is 39.4 Å². The molecule has 0 aliphatic rings. The van der Waals surface area contributed by atoms with Crippen LogP contribution in [0.5, 0.6) is 0 Å². The number of aliphatic carboxylic acids is 1. The Labute approximate surface area is 150 Å². The maximum atomic E-state index is 12.4. The number of benzene rings is 1. The van der Waals surface area contributed by atoms with Crippen molar-refractivity contribution >= 4 is 23.5 Å². The smallest absolute Gasteiger partial charge is 0.305 e. The van der Waals surface area contributed by atoms with Crippen LogP contribution in [0.1, 0.15) is 44.5 Å². The Morgan fingerprint density at radius 1 is 1.27 bits per heavy atom. The normalized spacial score (nSPS) is 14.2. The van der Waals surface area contributed by atoms with Crippen LogP contribution in [0.15, 0.2) is 24.3 Å². The first-order chi connectivity index (χ1) is 12.0. The van der Waals surface area contributed by atoms with Gasteiger partial charge in [0.1, 0.15) is 6.04 Å². The lowest BCUT2D eigenvalue weighted by Gasteiger charge is -2.34. The van der Waals surface area contributed by atoms with E-state index in [1.54, 1.807) is 20.8 Å². The summed E-state index contributed by atoms with van der Waals surface area (Å²) in [6.45, 7) is 6.65. The number of hydrogen-bond donors (Lipinski definition) is 3. The second-order valence-electron chi connectivity index (χ2n) is 6.63. The lowest BCUT2D eigenvalue weighted by molar-refractivity contribution is -0.384. The van der Waals surface area contributed by atoms with Crippen LogP contribution in [-0.2, 0) is 9.59 Å². The van der Waals surface area contributed by atoms with Gasteiger partial charge in [-0.1, -0.05) is 19.9 Å². The van der Waals surface area contributed by atoms with Gasteiger partial charge in [0, 0.05) is 17.7 Å². The maximum Gasteiger partial charge on any atom is 0.305 e. The van der Waals surface area contributed by atoms with E-state index in [2.05, 4.69) is 10.6 Å². The van der Waals surface area contributed by atoms with Gasteiger partial charge in [-0.25, -0.2) is 0 Å². The molecular formula is C17H23N3O6. The monoisotopic (exact) mass is 365 g/mol. The minimum Gasteiger partial charge on any atom is -0.481 e. The summed E-state index contributed by atoms with van der Waals surface area (Å²) in [6.07, 6.45) is -0.262. The molecule has 1 aromatic rings. The van der Waals surface area contributed by atoms with E-state index < -0.39 is 34.3 Å². The highest BCUT2D eigenvalue weighted by Crippen LogP contribution is 2.21. The lowest BCUT2D eigenvalue weighted by Crippen LogP contribution is -2.56. The molecule has 3 N–H and O–H groups in total. The van der Waals surface area contributed by atoms with Gasteiger partial charge in [-0.15, -0.1) is 0 Å². The lowest BCUT2D eigenvalue weighted by atomic mass is 9.85. The van der Waals surface area contributed by atoms with E-state index in [1.165, 1.54) is 25.1 Å². The molecule has 0 fully saturated rings. The van der Waals surface area contributed by atoms with Gasteiger partial charge in [-0.2, -0.15) is 0 Å². The summed E-state index contributed by atoms with van der Waals surface area (Å²) >= 11 is 0. The van der Waals surface area contributed by atoms with E-state index in [1.807, 2.05) is 0 Å². The van der Waals surface area contributed by atoms with Crippen LogP contribution >= 0.6 is 0 Å². The third-order valence-electron chi connectivity index (χ3n) is 4.26. The van der Waals surface area contributed by atoms with E-state index in [0.29, 0.717) is 0 Å². The third-order valence-corrected chi connectivity index (χ3v) is 4.26. The van der Waals surface area contributed by atoms with Crippen LogP contribution in [0.3, 0.4) is 0 Å². The molecule has 0 saturated carbocycles. The molecule has 1 aromatic carbocycles. The Morgan fingerprint density at radius 2 is 1.88 bits per heavy atom. The molecule has 2 amide bonds. The summed E-state index contributed by atoms with van der Waals surface area (Å²) in [5.41, 5.74) is -1.16. The second kappa shape index (κ2) is 8.41. The average Bonchev–Trinajstić information content (AvgIpc) is 2.53. The Bertz CT molecular complexity index is 718. The highest BCUT2D eigenvalue weighted by molar-refractivity contribution is 5.98. The number of nitro groups is 1. The van der Waals surface area contributed by atoms with Crippen LogP contribution in [0, 0.1) is 16.0 Å². The van der Waals surface area contributed by atoms with Crippen LogP contribution in [0.4, 0.5) is 5.69 Å². The first kappa shape index (κ1) is 21.1. The van der Waals surface area contributed by atoms with Crippen LogP contribution < -0.4 is 10.6 Å². The number of carboxylic acids is 1. The topological polar surface area (TPSA) is 139 Å². The quantitative estimate of drug-likeness (QED) is 0.473. The summed E-state index contributed by atoms with van der Waals surface area (Å²) in [4.78, 5) is 45.8. The van der Waals surface area contributed by atoms with Gasteiger partial charge in [-0.05, 0) is 25.8 Å². The molecular weight excluding hydrogens is 342 g/mol. The molecule has 2 unspecified atom stereocenters.